The molecule has 1 atom stereocenters. The number of hydrogen-bond donors (Lipinski definition) is 2. The lowest BCUT2D eigenvalue weighted by atomic mass is 10.00. The predicted octanol–water partition coefficient (Wildman–Crippen LogP) is 4.98. The molecular weight excluding hydrogens is 402 g/mol. The molecule has 7 heteroatoms. The van der Waals surface area contributed by atoms with Crippen molar-refractivity contribution >= 4 is 39.7 Å². The minimum absolute atomic E-state index is 0.0336. The van der Waals surface area contributed by atoms with E-state index >= 15 is 0 Å². The summed E-state index contributed by atoms with van der Waals surface area (Å²) in [4.78, 5) is 28.3. The number of aliphatic hydroxyl groups is 1. The third-order valence-electron chi connectivity index (χ3n) is 5.06. The van der Waals surface area contributed by atoms with E-state index in [9.17, 15) is 19.8 Å². The quantitative estimate of drug-likeness (QED) is 0.457. The van der Waals surface area contributed by atoms with Crippen LogP contribution >= 0.6 is 11.3 Å². The fourth-order valence-electron chi connectivity index (χ4n) is 3.70. The van der Waals surface area contributed by atoms with Gasteiger partial charge in [0.05, 0.1) is 11.3 Å². The molecule has 148 valence electrons. The zero-order valence-corrected chi connectivity index (χ0v) is 16.3. The summed E-state index contributed by atoms with van der Waals surface area (Å²) < 4.78 is 5.69. The number of hydrogen-bond acceptors (Lipinski definition) is 6. The van der Waals surface area contributed by atoms with E-state index in [4.69, 9.17) is 4.42 Å². The highest BCUT2D eigenvalue weighted by molar-refractivity contribution is 7.10. The lowest BCUT2D eigenvalue weighted by molar-refractivity contribution is -0.117. The van der Waals surface area contributed by atoms with Crippen molar-refractivity contribution in [2.24, 2.45) is 0 Å². The van der Waals surface area contributed by atoms with Crippen LogP contribution in [0.1, 0.15) is 21.5 Å². The summed E-state index contributed by atoms with van der Waals surface area (Å²) in [6.07, 6.45) is 0. The van der Waals surface area contributed by atoms with Gasteiger partial charge in [0.2, 0.25) is 5.78 Å². The van der Waals surface area contributed by atoms with Gasteiger partial charge in [-0.05, 0) is 35.7 Å². The molecule has 0 bridgehead atoms. The SMILES string of the molecule is O=C(C1=C(O)C(=O)N(c2ccccc2O)C1c1cccs1)c1cc2ccccc2o1. The minimum atomic E-state index is -0.883. The van der Waals surface area contributed by atoms with Gasteiger partial charge >= 0.3 is 0 Å². The largest absolute Gasteiger partial charge is 0.506 e. The molecule has 5 rings (SSSR count). The topological polar surface area (TPSA) is 91.0 Å². The minimum Gasteiger partial charge on any atom is -0.506 e. The average Bonchev–Trinajstić information content (AvgIpc) is 3.47. The Balaban J connectivity index is 1.66. The summed E-state index contributed by atoms with van der Waals surface area (Å²) >= 11 is 1.35. The second-order valence-corrected chi connectivity index (χ2v) is 7.80. The number of carbonyl (C=O) groups excluding carboxylic acids is 2. The summed E-state index contributed by atoms with van der Waals surface area (Å²) in [5, 5.41) is 23.6. The van der Waals surface area contributed by atoms with Gasteiger partial charge in [-0.25, -0.2) is 0 Å². The van der Waals surface area contributed by atoms with Gasteiger partial charge < -0.3 is 14.6 Å². The van der Waals surface area contributed by atoms with Crippen LogP contribution in [0.5, 0.6) is 5.75 Å². The van der Waals surface area contributed by atoms with E-state index in [2.05, 4.69) is 0 Å². The molecule has 30 heavy (non-hydrogen) atoms. The van der Waals surface area contributed by atoms with Crippen LogP contribution in [-0.4, -0.2) is 21.9 Å². The summed E-state index contributed by atoms with van der Waals surface area (Å²) in [5.74, 6) is -2.08. The standard InChI is InChI=1S/C23H15NO5S/c25-15-8-3-2-7-14(15)24-20(18-10-5-11-30-18)19(22(27)23(24)28)21(26)17-12-13-6-1-4-9-16(13)29-17/h1-12,20,25,27H. The molecular formula is C23H15NO5S. The average molecular weight is 417 g/mol. The first-order valence-corrected chi connectivity index (χ1v) is 10.1. The van der Waals surface area contributed by atoms with Crippen molar-refractivity contribution in [2.45, 2.75) is 6.04 Å². The van der Waals surface area contributed by atoms with Gasteiger partial charge in [-0.1, -0.05) is 36.4 Å². The third-order valence-corrected chi connectivity index (χ3v) is 5.98. The molecule has 6 nitrogen and oxygen atoms in total. The number of amides is 1. The predicted molar refractivity (Wildman–Crippen MR) is 113 cm³/mol. The highest BCUT2D eigenvalue weighted by Gasteiger charge is 2.46. The Hall–Kier alpha value is -3.84. The van der Waals surface area contributed by atoms with Gasteiger partial charge in [0.1, 0.15) is 17.4 Å². The molecule has 4 aromatic rings. The summed E-state index contributed by atoms with van der Waals surface area (Å²) in [6, 6.07) is 17.8. The van der Waals surface area contributed by atoms with Crippen LogP contribution in [0.3, 0.4) is 0 Å². The van der Waals surface area contributed by atoms with Crippen LogP contribution in [0, 0.1) is 0 Å². The number of nitrogens with zero attached hydrogens (tertiary/aromatic N) is 1. The van der Waals surface area contributed by atoms with E-state index in [1.807, 2.05) is 17.5 Å². The number of benzene rings is 2. The van der Waals surface area contributed by atoms with Crippen molar-refractivity contribution in [3.05, 3.63) is 94.1 Å². The van der Waals surface area contributed by atoms with Crippen LogP contribution in [0.4, 0.5) is 5.69 Å². The maximum Gasteiger partial charge on any atom is 0.294 e. The van der Waals surface area contributed by atoms with Gasteiger partial charge in [0.25, 0.3) is 5.91 Å². The van der Waals surface area contributed by atoms with E-state index in [1.165, 1.54) is 22.3 Å². The number of carbonyl (C=O) groups is 2. The Morgan fingerprint density at radius 2 is 1.77 bits per heavy atom. The Bertz CT molecular complexity index is 1290. The van der Waals surface area contributed by atoms with Crippen molar-refractivity contribution in [1.82, 2.24) is 0 Å². The van der Waals surface area contributed by atoms with Crippen LogP contribution < -0.4 is 4.90 Å². The highest BCUT2D eigenvalue weighted by Crippen LogP contribution is 2.45. The van der Waals surface area contributed by atoms with E-state index in [-0.39, 0.29) is 22.8 Å². The molecule has 2 N–H and O–H groups in total. The molecule has 2 aromatic carbocycles. The molecule has 0 radical (unpaired) electrons. The Labute approximate surface area is 174 Å². The Kier molecular flexibility index (Phi) is 4.18. The lowest BCUT2D eigenvalue weighted by Crippen LogP contribution is -2.30. The first-order valence-electron chi connectivity index (χ1n) is 9.17. The Morgan fingerprint density at radius 3 is 2.50 bits per heavy atom. The molecule has 0 aliphatic carbocycles. The van der Waals surface area contributed by atoms with Crippen LogP contribution in [-0.2, 0) is 4.79 Å². The number of aromatic hydroxyl groups is 1. The number of ketones is 1. The van der Waals surface area contributed by atoms with E-state index in [0.717, 1.165) is 5.39 Å². The number of Topliss-reactive ketones (excluding diaryl/α,β-unsaturated/α-hetero) is 1. The molecule has 1 aliphatic rings. The molecule has 3 heterocycles. The number of phenols is 1. The summed E-state index contributed by atoms with van der Waals surface area (Å²) in [5.41, 5.74) is 0.667. The van der Waals surface area contributed by atoms with Crippen LogP contribution in [0.2, 0.25) is 0 Å². The number of phenolic OH excluding ortho intramolecular Hbond substituents is 1. The van der Waals surface area contributed by atoms with Crippen LogP contribution in [0.25, 0.3) is 11.0 Å². The maximum atomic E-state index is 13.4. The Morgan fingerprint density at radius 1 is 1.00 bits per heavy atom. The van der Waals surface area contributed by atoms with Crippen molar-refractivity contribution in [1.29, 1.82) is 0 Å². The van der Waals surface area contributed by atoms with Crippen molar-refractivity contribution in [3.8, 4) is 5.75 Å². The number of fused-ring (bicyclic) bond motifs is 1. The van der Waals surface area contributed by atoms with Gasteiger partial charge in [-0.3, -0.25) is 14.5 Å². The number of anilines is 1. The normalized spacial score (nSPS) is 16.6. The number of furan rings is 1. The van der Waals surface area contributed by atoms with Gasteiger partial charge in [-0.2, -0.15) is 0 Å². The third kappa shape index (κ3) is 2.71. The monoisotopic (exact) mass is 417 g/mol. The molecule has 1 aliphatic heterocycles. The number of rotatable bonds is 4. The fraction of sp³-hybridized carbons (Fsp3) is 0.0435. The van der Waals surface area contributed by atoms with Crippen LogP contribution in [0.15, 0.2) is 87.9 Å². The van der Waals surface area contributed by atoms with Gasteiger partial charge in [-0.15, -0.1) is 11.3 Å². The van der Waals surface area contributed by atoms with Crippen molar-refractivity contribution in [3.63, 3.8) is 0 Å². The second-order valence-electron chi connectivity index (χ2n) is 6.82. The molecule has 0 saturated heterocycles. The summed E-state index contributed by atoms with van der Waals surface area (Å²) in [7, 11) is 0. The fourth-order valence-corrected chi connectivity index (χ4v) is 4.52. The molecule has 1 amide bonds. The maximum absolute atomic E-state index is 13.4. The van der Waals surface area contributed by atoms with E-state index in [1.54, 1.807) is 48.5 Å². The zero-order chi connectivity index (χ0) is 20.8. The number of thiophene rings is 1. The lowest BCUT2D eigenvalue weighted by Gasteiger charge is -2.26. The second kappa shape index (κ2) is 6.89. The zero-order valence-electron chi connectivity index (χ0n) is 15.5. The number of aliphatic hydroxyl groups excluding tert-OH is 1. The first kappa shape index (κ1) is 18.2. The first-order chi connectivity index (χ1) is 14.6. The summed E-state index contributed by atoms with van der Waals surface area (Å²) in [6.45, 7) is 0. The van der Waals surface area contributed by atoms with E-state index < -0.39 is 23.5 Å². The molecule has 0 fully saturated rings. The molecule has 1 unspecified atom stereocenters. The molecule has 2 aromatic heterocycles. The van der Waals surface area contributed by atoms with Gasteiger partial charge in [0, 0.05) is 10.3 Å². The smallest absolute Gasteiger partial charge is 0.294 e. The highest BCUT2D eigenvalue weighted by atomic mass is 32.1. The number of para-hydroxylation sites is 3. The van der Waals surface area contributed by atoms with Crippen molar-refractivity contribution in [2.75, 3.05) is 4.90 Å². The van der Waals surface area contributed by atoms with E-state index in [0.29, 0.717) is 10.5 Å². The van der Waals surface area contributed by atoms with Gasteiger partial charge in [0.15, 0.2) is 11.5 Å². The molecule has 0 saturated carbocycles. The molecule has 0 spiro atoms. The van der Waals surface area contributed by atoms with Crippen molar-refractivity contribution < 1.29 is 24.2 Å².